The van der Waals surface area contributed by atoms with Gasteiger partial charge in [0.1, 0.15) is 0 Å². The minimum absolute atomic E-state index is 0.0255. The molecule has 0 saturated heterocycles. The van der Waals surface area contributed by atoms with Crippen LogP contribution in [-0.2, 0) is 0 Å². The summed E-state index contributed by atoms with van der Waals surface area (Å²) in [4.78, 5) is 22.7. The van der Waals surface area contributed by atoms with Gasteiger partial charge in [0.05, 0.1) is 4.92 Å². The van der Waals surface area contributed by atoms with Gasteiger partial charge in [0, 0.05) is 33.5 Å². The second-order valence-corrected chi connectivity index (χ2v) is 7.53. The molecule has 0 aromatic heterocycles. The number of non-ortho nitro benzene ring substituents is 1. The Morgan fingerprint density at radius 1 is 1.38 bits per heavy atom. The summed E-state index contributed by atoms with van der Waals surface area (Å²) in [5, 5.41) is 14.6. The van der Waals surface area contributed by atoms with Crippen molar-refractivity contribution in [2.45, 2.75) is 33.2 Å². The van der Waals surface area contributed by atoms with Gasteiger partial charge in [-0.3, -0.25) is 14.9 Å². The van der Waals surface area contributed by atoms with Crippen LogP contribution in [0.3, 0.4) is 0 Å². The number of carbonyl (C=O) groups is 1. The molecule has 0 bridgehead atoms. The molecule has 7 heteroatoms. The van der Waals surface area contributed by atoms with Crippen LogP contribution in [0.2, 0.25) is 0 Å². The first kappa shape index (κ1) is 18.1. The molecule has 1 unspecified atom stereocenters. The zero-order valence-corrected chi connectivity index (χ0v) is 15.3. The number of benzene rings is 1. The van der Waals surface area contributed by atoms with E-state index in [1.807, 2.05) is 20.8 Å². The molecule has 1 amide bonds. The number of halogens is 2. The van der Waals surface area contributed by atoms with Gasteiger partial charge in [-0.15, -0.1) is 0 Å². The number of carbonyl (C=O) groups excluding carboxylic acids is 1. The van der Waals surface area contributed by atoms with E-state index in [1.165, 1.54) is 12.1 Å². The highest BCUT2D eigenvalue weighted by Gasteiger charge is 2.26. The van der Waals surface area contributed by atoms with E-state index < -0.39 is 4.92 Å². The normalized spacial score (nSPS) is 12.8. The molecule has 0 heterocycles. The predicted octanol–water partition coefficient (Wildman–Crippen LogP) is 4.29. The molecule has 1 aromatic carbocycles. The van der Waals surface area contributed by atoms with Crippen LogP contribution in [0.4, 0.5) is 5.69 Å². The summed E-state index contributed by atoms with van der Waals surface area (Å²) in [5.74, 6) is -0.305. The van der Waals surface area contributed by atoms with Gasteiger partial charge < -0.3 is 5.32 Å². The van der Waals surface area contributed by atoms with Crippen molar-refractivity contribution in [1.82, 2.24) is 5.32 Å². The van der Waals surface area contributed by atoms with Gasteiger partial charge in [-0.1, -0.05) is 52.6 Å². The van der Waals surface area contributed by atoms with Crippen molar-refractivity contribution in [2.24, 2.45) is 5.41 Å². The lowest BCUT2D eigenvalue weighted by Crippen LogP contribution is -2.44. The largest absolute Gasteiger partial charge is 0.349 e. The first-order valence-corrected chi connectivity index (χ1v) is 8.38. The number of nitrogens with zero attached hydrogens (tertiary/aromatic N) is 1. The number of hydrogen-bond acceptors (Lipinski definition) is 3. The summed E-state index contributed by atoms with van der Waals surface area (Å²) >= 11 is 6.58. The van der Waals surface area contributed by atoms with Gasteiger partial charge in [-0.05, 0) is 17.9 Å². The second-order valence-electron chi connectivity index (χ2n) is 5.82. The highest BCUT2D eigenvalue weighted by molar-refractivity contribution is 9.10. The Balaban J connectivity index is 3.00. The van der Waals surface area contributed by atoms with Gasteiger partial charge in [0.2, 0.25) is 0 Å². The lowest BCUT2D eigenvalue weighted by atomic mass is 9.85. The van der Waals surface area contributed by atoms with Crippen molar-refractivity contribution in [2.75, 3.05) is 5.33 Å². The lowest BCUT2D eigenvalue weighted by Gasteiger charge is -2.31. The number of nitrogens with one attached hydrogen (secondary N) is 1. The van der Waals surface area contributed by atoms with Crippen LogP contribution < -0.4 is 5.32 Å². The van der Waals surface area contributed by atoms with Crippen LogP contribution in [0.1, 0.15) is 37.6 Å². The Kier molecular flexibility index (Phi) is 6.34. The second kappa shape index (κ2) is 7.35. The number of nitro benzene ring substituents is 1. The molecule has 0 aliphatic rings. The van der Waals surface area contributed by atoms with Gasteiger partial charge in [0.25, 0.3) is 11.6 Å². The van der Waals surface area contributed by atoms with Gasteiger partial charge in [-0.25, -0.2) is 0 Å². The molecule has 0 aliphatic carbocycles. The fourth-order valence-corrected chi connectivity index (χ4v) is 2.82. The molecule has 0 saturated carbocycles. The smallest absolute Gasteiger partial charge is 0.271 e. The quantitative estimate of drug-likeness (QED) is 0.438. The van der Waals surface area contributed by atoms with Crippen molar-refractivity contribution in [1.29, 1.82) is 0 Å². The first-order chi connectivity index (χ1) is 9.65. The van der Waals surface area contributed by atoms with E-state index in [0.29, 0.717) is 4.47 Å². The van der Waals surface area contributed by atoms with Crippen molar-refractivity contribution in [3.05, 3.63) is 38.3 Å². The summed E-state index contributed by atoms with van der Waals surface area (Å²) in [5.41, 5.74) is 0.0729. The van der Waals surface area contributed by atoms with E-state index >= 15 is 0 Å². The van der Waals surface area contributed by atoms with Gasteiger partial charge >= 0.3 is 0 Å². The molecule has 0 fully saturated rings. The molecule has 1 N–H and O–H groups in total. The molecule has 116 valence electrons. The van der Waals surface area contributed by atoms with E-state index in [-0.39, 0.29) is 28.6 Å². The SMILES string of the molecule is CC(C)(C)C(CCBr)NC(=O)c1cc(Br)cc([N+](=O)[O-])c1. The van der Waals surface area contributed by atoms with E-state index in [4.69, 9.17) is 0 Å². The summed E-state index contributed by atoms with van der Waals surface area (Å²) in [6.45, 7) is 6.14. The molecule has 1 aromatic rings. The molecule has 0 spiro atoms. The Morgan fingerprint density at radius 3 is 2.48 bits per heavy atom. The topological polar surface area (TPSA) is 72.2 Å². The van der Waals surface area contributed by atoms with E-state index in [0.717, 1.165) is 11.8 Å². The summed E-state index contributed by atoms with van der Waals surface area (Å²) in [7, 11) is 0. The van der Waals surface area contributed by atoms with Crippen LogP contribution in [0.25, 0.3) is 0 Å². The first-order valence-electron chi connectivity index (χ1n) is 6.47. The average molecular weight is 422 g/mol. The predicted molar refractivity (Wildman–Crippen MR) is 89.9 cm³/mol. The van der Waals surface area contributed by atoms with E-state index in [1.54, 1.807) is 6.07 Å². The fraction of sp³-hybridized carbons (Fsp3) is 0.500. The molecule has 21 heavy (non-hydrogen) atoms. The van der Waals surface area contributed by atoms with Crippen molar-refractivity contribution < 1.29 is 9.72 Å². The Bertz CT molecular complexity index is 542. The zero-order valence-electron chi connectivity index (χ0n) is 12.2. The van der Waals surface area contributed by atoms with Crippen LogP contribution >= 0.6 is 31.9 Å². The number of nitro groups is 1. The summed E-state index contributed by atoms with van der Waals surface area (Å²) in [6.07, 6.45) is 0.783. The molecular weight excluding hydrogens is 404 g/mol. The zero-order chi connectivity index (χ0) is 16.2. The minimum atomic E-state index is -0.513. The number of rotatable bonds is 5. The highest BCUT2D eigenvalue weighted by Crippen LogP contribution is 2.25. The standard InChI is InChI=1S/C14H18Br2N2O3/c1-14(2,3)12(4-5-15)17-13(19)9-6-10(16)8-11(7-9)18(20)21/h6-8,12H,4-5H2,1-3H3,(H,17,19). The maximum atomic E-state index is 12.3. The van der Waals surface area contributed by atoms with Crippen LogP contribution in [-0.4, -0.2) is 22.2 Å². The molecular formula is C14H18Br2N2O3. The molecule has 1 rings (SSSR count). The Labute approximate surface area is 140 Å². The third-order valence-corrected chi connectivity index (χ3v) is 4.02. The summed E-state index contributed by atoms with van der Waals surface area (Å²) in [6, 6.07) is 4.21. The van der Waals surface area contributed by atoms with E-state index in [9.17, 15) is 14.9 Å². The third-order valence-electron chi connectivity index (χ3n) is 3.10. The maximum Gasteiger partial charge on any atom is 0.271 e. The third kappa shape index (κ3) is 5.39. The minimum Gasteiger partial charge on any atom is -0.349 e. The molecule has 1 atom stereocenters. The van der Waals surface area contributed by atoms with Crippen LogP contribution in [0.5, 0.6) is 0 Å². The number of alkyl halides is 1. The van der Waals surface area contributed by atoms with Crippen molar-refractivity contribution in [3.8, 4) is 0 Å². The average Bonchev–Trinajstić information content (AvgIpc) is 2.36. The molecule has 5 nitrogen and oxygen atoms in total. The lowest BCUT2D eigenvalue weighted by molar-refractivity contribution is -0.385. The van der Waals surface area contributed by atoms with Crippen LogP contribution in [0.15, 0.2) is 22.7 Å². The summed E-state index contributed by atoms with van der Waals surface area (Å²) < 4.78 is 0.509. The van der Waals surface area contributed by atoms with Crippen molar-refractivity contribution in [3.63, 3.8) is 0 Å². The fourth-order valence-electron chi connectivity index (χ4n) is 1.88. The van der Waals surface area contributed by atoms with Crippen molar-refractivity contribution >= 4 is 43.5 Å². The van der Waals surface area contributed by atoms with Gasteiger partial charge in [0.15, 0.2) is 0 Å². The monoisotopic (exact) mass is 420 g/mol. The number of hydrogen-bond donors (Lipinski definition) is 1. The van der Waals surface area contributed by atoms with Crippen LogP contribution in [0, 0.1) is 15.5 Å². The Hall–Kier alpha value is -0.950. The highest BCUT2D eigenvalue weighted by atomic mass is 79.9. The van der Waals surface area contributed by atoms with E-state index in [2.05, 4.69) is 37.2 Å². The van der Waals surface area contributed by atoms with Gasteiger partial charge in [-0.2, -0.15) is 0 Å². The maximum absolute atomic E-state index is 12.3. The molecule has 0 aliphatic heterocycles. The Morgan fingerprint density at radius 2 is 2.00 bits per heavy atom. The molecule has 0 radical (unpaired) electrons. The number of amides is 1.